The molecule has 0 bridgehead atoms. The summed E-state index contributed by atoms with van der Waals surface area (Å²) in [7, 11) is 9.87. The van der Waals surface area contributed by atoms with Crippen LogP contribution in [0.15, 0.2) is 42.5 Å². The van der Waals surface area contributed by atoms with Gasteiger partial charge in [-0.15, -0.1) is 34.5 Å². The minimum absolute atomic E-state index is 0.528. The van der Waals surface area contributed by atoms with Crippen LogP contribution >= 0.6 is 17.0 Å². The first-order valence-electron chi connectivity index (χ1n) is 8.68. The molecule has 0 aromatic heterocycles. The summed E-state index contributed by atoms with van der Waals surface area (Å²) in [6.07, 6.45) is 1.10. The Morgan fingerprint density at radius 2 is 1.60 bits per heavy atom. The topological polar surface area (TPSA) is 0 Å². The first kappa shape index (κ1) is 20.8. The number of rotatable bonds is 3. The van der Waals surface area contributed by atoms with Gasteiger partial charge in [0.2, 0.25) is 0 Å². The summed E-state index contributed by atoms with van der Waals surface area (Å²) in [6, 6.07) is 16.2. The number of aryl methyl sites for hydroxylation is 3. The Labute approximate surface area is 170 Å². The van der Waals surface area contributed by atoms with Gasteiger partial charge in [-0.05, 0) is 31.7 Å². The van der Waals surface area contributed by atoms with Gasteiger partial charge in [0.05, 0.1) is 0 Å². The van der Waals surface area contributed by atoms with Gasteiger partial charge < -0.3 is 0 Å². The summed E-state index contributed by atoms with van der Waals surface area (Å²) in [4.78, 5) is 0. The molecule has 3 aromatic rings. The number of benzene rings is 2. The maximum atomic E-state index is 4.93. The van der Waals surface area contributed by atoms with Gasteiger partial charge in [-0.3, -0.25) is 0 Å². The molecule has 0 aliphatic carbocycles. The van der Waals surface area contributed by atoms with Gasteiger partial charge in [0.25, 0.3) is 0 Å². The third-order valence-corrected chi connectivity index (χ3v) is 4.52. The Morgan fingerprint density at radius 3 is 2.12 bits per heavy atom. The SMILES string of the molecule is CCc1cc2c(-c3cc(C)cc(C)c3)c(C(C)C)ccc2[cH-]1.[Cl][Zr][Cl]. The zero-order valence-corrected chi connectivity index (χ0v) is 19.6. The first-order valence-corrected chi connectivity index (χ1v) is 15.0. The van der Waals surface area contributed by atoms with E-state index in [2.05, 4.69) is 77.1 Å². The van der Waals surface area contributed by atoms with E-state index in [9.17, 15) is 0 Å². The van der Waals surface area contributed by atoms with E-state index in [1.807, 2.05) is 0 Å². The average molecular weight is 452 g/mol. The molecule has 0 heterocycles. The van der Waals surface area contributed by atoms with Crippen molar-refractivity contribution in [2.75, 3.05) is 0 Å². The fourth-order valence-corrected chi connectivity index (χ4v) is 3.49. The maximum absolute atomic E-state index is 4.93. The van der Waals surface area contributed by atoms with Crippen molar-refractivity contribution in [2.24, 2.45) is 0 Å². The first-order chi connectivity index (χ1) is 11.9. The normalized spacial score (nSPS) is 10.7. The molecule has 3 rings (SSSR count). The predicted octanol–water partition coefficient (Wildman–Crippen LogP) is 7.90. The Kier molecular flexibility index (Phi) is 7.87. The van der Waals surface area contributed by atoms with Crippen LogP contribution in [0, 0.1) is 13.8 Å². The van der Waals surface area contributed by atoms with Crippen LogP contribution in [0.25, 0.3) is 21.9 Å². The fourth-order valence-electron chi connectivity index (χ4n) is 3.49. The average Bonchev–Trinajstić information content (AvgIpc) is 2.96. The van der Waals surface area contributed by atoms with Crippen molar-refractivity contribution in [3.63, 3.8) is 0 Å². The number of hydrogen-bond acceptors (Lipinski definition) is 0. The summed E-state index contributed by atoms with van der Waals surface area (Å²) in [5.74, 6) is 0.528. The van der Waals surface area contributed by atoms with Crippen molar-refractivity contribution in [2.45, 2.75) is 47.0 Å². The van der Waals surface area contributed by atoms with Gasteiger partial charge in [-0.2, -0.15) is 6.07 Å². The number of hydrogen-bond donors (Lipinski definition) is 0. The molecular weight excluding hydrogens is 426 g/mol. The Hall–Kier alpha value is -0.487. The van der Waals surface area contributed by atoms with E-state index >= 15 is 0 Å². The molecule has 0 spiro atoms. The summed E-state index contributed by atoms with van der Waals surface area (Å²) in [5.41, 5.74) is 8.35. The molecule has 0 nitrogen and oxygen atoms in total. The summed E-state index contributed by atoms with van der Waals surface area (Å²) >= 11 is -0.826. The molecule has 0 saturated heterocycles. The van der Waals surface area contributed by atoms with Gasteiger partial charge in [-0.25, -0.2) is 0 Å². The second-order valence-corrected chi connectivity index (χ2v) is 10.6. The fraction of sp³-hybridized carbons (Fsp3) is 0.318. The second kappa shape index (κ2) is 9.45. The van der Waals surface area contributed by atoms with E-state index in [1.165, 1.54) is 44.2 Å². The predicted molar refractivity (Wildman–Crippen MR) is 110 cm³/mol. The van der Waals surface area contributed by atoms with Crippen molar-refractivity contribution in [3.8, 4) is 11.1 Å². The van der Waals surface area contributed by atoms with Crippen LogP contribution < -0.4 is 0 Å². The van der Waals surface area contributed by atoms with Crippen molar-refractivity contribution in [1.29, 1.82) is 0 Å². The molecule has 0 saturated carbocycles. The van der Waals surface area contributed by atoms with E-state index in [4.69, 9.17) is 17.0 Å². The molecule has 25 heavy (non-hydrogen) atoms. The van der Waals surface area contributed by atoms with E-state index in [0.717, 1.165) is 6.42 Å². The van der Waals surface area contributed by atoms with E-state index < -0.39 is 20.8 Å². The van der Waals surface area contributed by atoms with Gasteiger partial charge in [0.1, 0.15) is 0 Å². The van der Waals surface area contributed by atoms with Crippen LogP contribution in [0.1, 0.15) is 48.9 Å². The van der Waals surface area contributed by atoms with Gasteiger partial charge >= 0.3 is 37.9 Å². The van der Waals surface area contributed by atoms with E-state index in [1.54, 1.807) is 0 Å². The van der Waals surface area contributed by atoms with Crippen molar-refractivity contribution in [1.82, 2.24) is 0 Å². The van der Waals surface area contributed by atoms with E-state index in [-0.39, 0.29) is 0 Å². The van der Waals surface area contributed by atoms with Crippen LogP contribution in [0.3, 0.4) is 0 Å². The molecule has 0 aliphatic rings. The van der Waals surface area contributed by atoms with E-state index in [0.29, 0.717) is 5.92 Å². The Balaban J connectivity index is 0.000000701. The molecule has 0 amide bonds. The van der Waals surface area contributed by atoms with Crippen LogP contribution in [-0.2, 0) is 27.3 Å². The third kappa shape index (κ3) is 5.03. The molecule has 0 fully saturated rings. The van der Waals surface area contributed by atoms with Crippen molar-refractivity contribution < 1.29 is 20.8 Å². The van der Waals surface area contributed by atoms with Crippen LogP contribution in [-0.4, -0.2) is 0 Å². The second-order valence-electron chi connectivity index (χ2n) is 6.85. The van der Waals surface area contributed by atoms with Gasteiger partial charge in [-0.1, -0.05) is 61.2 Å². The summed E-state index contributed by atoms with van der Waals surface area (Å²) < 4.78 is 0. The minimum atomic E-state index is -0.826. The molecule has 3 heteroatoms. The summed E-state index contributed by atoms with van der Waals surface area (Å²) in [6.45, 7) is 11.2. The third-order valence-electron chi connectivity index (χ3n) is 4.52. The Bertz CT molecular complexity index is 826. The molecule has 0 unspecified atom stereocenters. The van der Waals surface area contributed by atoms with Crippen LogP contribution in [0.2, 0.25) is 0 Å². The zero-order chi connectivity index (χ0) is 18.6. The molecule has 0 atom stereocenters. The monoisotopic (exact) mass is 449 g/mol. The van der Waals surface area contributed by atoms with Crippen LogP contribution in [0.5, 0.6) is 0 Å². The molecule has 132 valence electrons. The molecule has 0 aliphatic heterocycles. The van der Waals surface area contributed by atoms with Gasteiger partial charge in [0, 0.05) is 0 Å². The Morgan fingerprint density at radius 1 is 1.00 bits per heavy atom. The number of fused-ring (bicyclic) bond motifs is 1. The standard InChI is InChI=1S/C22H25.2ClH.Zr/c1-6-17-12-18-7-8-20(14(2)3)22(21(18)13-17)19-10-15(4)9-16(5)11-19;;;/h7-14H,6H2,1-5H3;2*1H;/q-1;;;+2/p-2. The molecule has 0 N–H and O–H groups in total. The number of halogens is 2. The molecular formula is C22H25Cl2Zr-. The zero-order valence-electron chi connectivity index (χ0n) is 15.6. The quantitative estimate of drug-likeness (QED) is 0.355. The van der Waals surface area contributed by atoms with Crippen LogP contribution in [0.4, 0.5) is 0 Å². The van der Waals surface area contributed by atoms with Crippen molar-refractivity contribution in [3.05, 3.63) is 64.7 Å². The summed E-state index contributed by atoms with van der Waals surface area (Å²) in [5, 5.41) is 2.78. The van der Waals surface area contributed by atoms with Gasteiger partial charge in [0.15, 0.2) is 0 Å². The van der Waals surface area contributed by atoms with Crippen molar-refractivity contribution >= 4 is 27.8 Å². The molecule has 3 aromatic carbocycles. The molecule has 0 radical (unpaired) electrons.